The Morgan fingerprint density at radius 1 is 1.11 bits per heavy atom. The largest absolute Gasteiger partial charge is 0.497 e. The van der Waals surface area contributed by atoms with Crippen molar-refractivity contribution in [1.82, 2.24) is 20.1 Å². The topological polar surface area (TPSA) is 112 Å². The van der Waals surface area contributed by atoms with Gasteiger partial charge in [0.1, 0.15) is 5.75 Å². The Labute approximate surface area is 212 Å². The number of amides is 1. The van der Waals surface area contributed by atoms with Crippen LogP contribution in [0.3, 0.4) is 0 Å². The second kappa shape index (κ2) is 11.0. The summed E-state index contributed by atoms with van der Waals surface area (Å²) in [5.41, 5.74) is 3.14. The molecular formula is C26H25N5O4S. The van der Waals surface area contributed by atoms with Crippen LogP contribution in [0.15, 0.2) is 78.0 Å². The number of ether oxygens (including phenoxy) is 1. The van der Waals surface area contributed by atoms with Gasteiger partial charge in [0.2, 0.25) is 0 Å². The van der Waals surface area contributed by atoms with Crippen molar-refractivity contribution in [2.24, 2.45) is 0 Å². The molecule has 1 atom stereocenters. The van der Waals surface area contributed by atoms with Crippen LogP contribution in [0, 0.1) is 17.0 Å². The lowest BCUT2D eigenvalue weighted by Crippen LogP contribution is -2.29. The highest BCUT2D eigenvalue weighted by Crippen LogP contribution is 2.29. The average Bonchev–Trinajstić information content (AvgIpc) is 3.32. The fourth-order valence-electron chi connectivity index (χ4n) is 3.70. The molecule has 0 radical (unpaired) electrons. The summed E-state index contributed by atoms with van der Waals surface area (Å²) in [5, 5.41) is 23.5. The molecule has 0 saturated carbocycles. The highest BCUT2D eigenvalue weighted by Gasteiger charge is 2.22. The molecule has 1 aromatic heterocycles. The summed E-state index contributed by atoms with van der Waals surface area (Å²) in [4.78, 5) is 23.6. The highest BCUT2D eigenvalue weighted by atomic mass is 32.2. The molecule has 10 heteroatoms. The Morgan fingerprint density at radius 2 is 1.86 bits per heavy atom. The second-order valence-corrected chi connectivity index (χ2v) is 9.04. The van der Waals surface area contributed by atoms with Gasteiger partial charge in [-0.25, -0.2) is 0 Å². The number of benzene rings is 3. The van der Waals surface area contributed by atoms with Crippen LogP contribution in [0.25, 0.3) is 5.69 Å². The molecule has 1 N–H and O–H groups in total. The number of carbonyl (C=O) groups is 1. The minimum absolute atomic E-state index is 0.0140. The number of nitrogens with one attached hydrogen (secondary N) is 1. The average molecular weight is 504 g/mol. The van der Waals surface area contributed by atoms with E-state index < -0.39 is 11.0 Å². The number of aromatic nitrogens is 3. The molecule has 4 rings (SSSR count). The van der Waals surface area contributed by atoms with Crippen LogP contribution in [0.5, 0.6) is 5.75 Å². The molecule has 0 aliphatic heterocycles. The van der Waals surface area contributed by atoms with E-state index in [-0.39, 0.29) is 11.6 Å². The Bertz CT molecular complexity index is 1390. The van der Waals surface area contributed by atoms with Crippen molar-refractivity contribution in [3.8, 4) is 11.4 Å². The van der Waals surface area contributed by atoms with E-state index in [0.29, 0.717) is 28.0 Å². The monoisotopic (exact) mass is 503 g/mol. The van der Waals surface area contributed by atoms with Gasteiger partial charge in [-0.3, -0.25) is 19.5 Å². The number of non-ortho nitro benzene ring substituents is 1. The van der Waals surface area contributed by atoms with Gasteiger partial charge in [0.05, 0.1) is 18.1 Å². The van der Waals surface area contributed by atoms with Gasteiger partial charge in [-0.2, -0.15) is 0 Å². The van der Waals surface area contributed by atoms with Crippen LogP contribution < -0.4 is 10.1 Å². The van der Waals surface area contributed by atoms with Crippen molar-refractivity contribution in [2.45, 2.75) is 30.8 Å². The summed E-state index contributed by atoms with van der Waals surface area (Å²) in [6, 6.07) is 20.8. The summed E-state index contributed by atoms with van der Waals surface area (Å²) in [7, 11) is 1.62. The zero-order valence-electron chi connectivity index (χ0n) is 20.0. The molecule has 1 unspecified atom stereocenters. The number of thioether (sulfide) groups is 1. The van der Waals surface area contributed by atoms with E-state index in [4.69, 9.17) is 4.74 Å². The zero-order valence-corrected chi connectivity index (χ0v) is 20.9. The third-order valence-electron chi connectivity index (χ3n) is 5.60. The van der Waals surface area contributed by atoms with E-state index in [1.807, 2.05) is 60.9 Å². The summed E-state index contributed by atoms with van der Waals surface area (Å²) in [6.45, 7) is 3.71. The maximum Gasteiger partial charge on any atom is 0.269 e. The van der Waals surface area contributed by atoms with Crippen LogP contribution in [-0.4, -0.2) is 32.7 Å². The number of nitro groups is 1. The minimum Gasteiger partial charge on any atom is -0.497 e. The third kappa shape index (κ3) is 5.55. The maximum atomic E-state index is 12.9. The van der Waals surface area contributed by atoms with Gasteiger partial charge >= 0.3 is 0 Å². The first-order valence-corrected chi connectivity index (χ1v) is 12.2. The number of rotatable bonds is 9. The van der Waals surface area contributed by atoms with E-state index in [0.717, 1.165) is 16.9 Å². The molecule has 9 nitrogen and oxygen atoms in total. The number of aryl methyl sites for hydroxylation is 1. The van der Waals surface area contributed by atoms with Crippen LogP contribution in [-0.2, 0) is 5.75 Å². The SMILES string of the molecule is COc1cccc(CSc2nnc(C(C)NC(=O)c3ccccc3C)n2-c2ccc([N+](=O)[O-])cc2)c1. The molecule has 1 heterocycles. The molecular weight excluding hydrogens is 478 g/mol. The van der Waals surface area contributed by atoms with E-state index in [1.54, 1.807) is 25.3 Å². The Kier molecular flexibility index (Phi) is 7.65. The Hall–Kier alpha value is -4.18. The smallest absolute Gasteiger partial charge is 0.269 e. The number of hydrogen-bond donors (Lipinski definition) is 1. The summed E-state index contributed by atoms with van der Waals surface area (Å²) < 4.78 is 7.13. The number of carbonyl (C=O) groups excluding carboxylic acids is 1. The van der Waals surface area contributed by atoms with Gasteiger partial charge in [0, 0.05) is 29.1 Å². The molecule has 36 heavy (non-hydrogen) atoms. The van der Waals surface area contributed by atoms with Crippen molar-refractivity contribution in [3.05, 3.63) is 105 Å². The van der Waals surface area contributed by atoms with Gasteiger partial charge in [-0.05, 0) is 55.3 Å². The first kappa shape index (κ1) is 24.9. The number of methoxy groups -OCH3 is 1. The van der Waals surface area contributed by atoms with Crippen LogP contribution in [0.2, 0.25) is 0 Å². The first-order valence-electron chi connectivity index (χ1n) is 11.2. The lowest BCUT2D eigenvalue weighted by atomic mass is 10.1. The van der Waals surface area contributed by atoms with E-state index >= 15 is 0 Å². The second-order valence-electron chi connectivity index (χ2n) is 8.10. The molecule has 1 amide bonds. The number of nitro benzene ring substituents is 1. The fraction of sp³-hybridized carbons (Fsp3) is 0.192. The summed E-state index contributed by atoms with van der Waals surface area (Å²) >= 11 is 1.47. The third-order valence-corrected chi connectivity index (χ3v) is 6.60. The Balaban J connectivity index is 1.65. The summed E-state index contributed by atoms with van der Waals surface area (Å²) in [5.74, 6) is 1.66. The quantitative estimate of drug-likeness (QED) is 0.188. The van der Waals surface area contributed by atoms with Gasteiger partial charge in [-0.15, -0.1) is 10.2 Å². The lowest BCUT2D eigenvalue weighted by Gasteiger charge is -2.17. The lowest BCUT2D eigenvalue weighted by molar-refractivity contribution is -0.384. The normalized spacial score (nSPS) is 11.6. The molecule has 0 saturated heterocycles. The van der Waals surface area contributed by atoms with Crippen molar-refractivity contribution >= 4 is 23.4 Å². The molecule has 0 fully saturated rings. The van der Waals surface area contributed by atoms with Gasteiger partial charge in [-0.1, -0.05) is 42.1 Å². The van der Waals surface area contributed by atoms with Gasteiger partial charge in [0.25, 0.3) is 11.6 Å². The summed E-state index contributed by atoms with van der Waals surface area (Å²) in [6.07, 6.45) is 0. The number of nitrogens with zero attached hydrogens (tertiary/aromatic N) is 4. The van der Waals surface area contributed by atoms with Crippen molar-refractivity contribution in [3.63, 3.8) is 0 Å². The maximum absolute atomic E-state index is 12.9. The molecule has 0 aliphatic carbocycles. The molecule has 0 bridgehead atoms. The van der Waals surface area contributed by atoms with Crippen LogP contribution >= 0.6 is 11.8 Å². The van der Waals surface area contributed by atoms with Crippen molar-refractivity contribution in [2.75, 3.05) is 7.11 Å². The predicted molar refractivity (Wildman–Crippen MR) is 138 cm³/mol. The van der Waals surface area contributed by atoms with Crippen LogP contribution in [0.1, 0.15) is 40.3 Å². The van der Waals surface area contributed by atoms with E-state index in [2.05, 4.69) is 15.5 Å². The van der Waals surface area contributed by atoms with Crippen LogP contribution in [0.4, 0.5) is 5.69 Å². The van der Waals surface area contributed by atoms with Crippen molar-refractivity contribution < 1.29 is 14.5 Å². The molecule has 0 spiro atoms. The van der Waals surface area contributed by atoms with E-state index in [9.17, 15) is 14.9 Å². The number of hydrogen-bond acceptors (Lipinski definition) is 7. The Morgan fingerprint density at radius 3 is 2.56 bits per heavy atom. The minimum atomic E-state index is -0.481. The zero-order chi connectivity index (χ0) is 25.7. The molecule has 4 aromatic rings. The first-order chi connectivity index (χ1) is 17.4. The van der Waals surface area contributed by atoms with Gasteiger partial charge in [0.15, 0.2) is 11.0 Å². The standard InChI is InChI=1S/C26H25N5O4S/c1-17-7-4-5-10-23(17)25(32)27-18(2)24-28-29-26(36-16-19-8-6-9-22(15-19)35-3)30(24)20-11-13-21(14-12-20)31(33)34/h4-15,18H,16H2,1-3H3,(H,27,32). The highest BCUT2D eigenvalue weighted by molar-refractivity contribution is 7.98. The molecule has 0 aliphatic rings. The van der Waals surface area contributed by atoms with Gasteiger partial charge < -0.3 is 10.1 Å². The van der Waals surface area contributed by atoms with E-state index in [1.165, 1.54) is 23.9 Å². The molecule has 3 aromatic carbocycles. The molecule has 184 valence electrons. The fourth-order valence-corrected chi connectivity index (χ4v) is 4.60. The predicted octanol–water partition coefficient (Wildman–Crippen LogP) is 5.28. The van der Waals surface area contributed by atoms with Crippen molar-refractivity contribution in [1.29, 1.82) is 0 Å².